The second-order valence-corrected chi connectivity index (χ2v) is 5.10. The first kappa shape index (κ1) is 12.5. The number of halogens is 1. The smallest absolute Gasteiger partial charge is 0.00952 e. The molecule has 0 aromatic heterocycles. The van der Waals surface area contributed by atoms with E-state index in [-0.39, 0.29) is 0 Å². The van der Waals surface area contributed by atoms with Crippen molar-refractivity contribution in [1.82, 2.24) is 4.90 Å². The van der Waals surface area contributed by atoms with Crippen LogP contribution in [0.2, 0.25) is 0 Å². The molecule has 1 atom stereocenters. The van der Waals surface area contributed by atoms with Crippen LogP contribution in [0.1, 0.15) is 46.0 Å². The van der Waals surface area contributed by atoms with Crippen molar-refractivity contribution in [1.29, 1.82) is 0 Å². The summed E-state index contributed by atoms with van der Waals surface area (Å²) in [6, 6.07) is 0.896. The van der Waals surface area contributed by atoms with E-state index in [1.54, 1.807) is 0 Å². The van der Waals surface area contributed by atoms with Crippen molar-refractivity contribution in [3.05, 3.63) is 0 Å². The van der Waals surface area contributed by atoms with Gasteiger partial charge in [0.15, 0.2) is 0 Å². The average Bonchev–Trinajstić information content (AvgIpc) is 2.73. The second kappa shape index (κ2) is 6.84. The Balaban J connectivity index is 2.36. The SMILES string of the molecule is CCC(CBr)CN(CC)C1CCCC1. The van der Waals surface area contributed by atoms with E-state index in [4.69, 9.17) is 0 Å². The first-order chi connectivity index (χ1) is 6.81. The Morgan fingerprint density at radius 1 is 1.29 bits per heavy atom. The van der Waals surface area contributed by atoms with E-state index in [9.17, 15) is 0 Å². The minimum atomic E-state index is 0.843. The normalized spacial score (nSPS) is 20.6. The van der Waals surface area contributed by atoms with Gasteiger partial charge in [0.2, 0.25) is 0 Å². The summed E-state index contributed by atoms with van der Waals surface area (Å²) in [5, 5.41) is 1.16. The lowest BCUT2D eigenvalue weighted by Crippen LogP contribution is -2.37. The van der Waals surface area contributed by atoms with Gasteiger partial charge in [0.25, 0.3) is 0 Å². The molecule has 2 heteroatoms. The summed E-state index contributed by atoms with van der Waals surface area (Å²) in [6.45, 7) is 7.13. The Morgan fingerprint density at radius 3 is 2.36 bits per heavy atom. The van der Waals surface area contributed by atoms with Gasteiger partial charge in [-0.05, 0) is 25.3 Å². The summed E-state index contributed by atoms with van der Waals surface area (Å²) in [4.78, 5) is 2.70. The number of hydrogen-bond acceptors (Lipinski definition) is 1. The van der Waals surface area contributed by atoms with Crippen molar-refractivity contribution in [2.75, 3.05) is 18.4 Å². The van der Waals surface area contributed by atoms with Crippen LogP contribution in [0.25, 0.3) is 0 Å². The molecule has 0 radical (unpaired) electrons. The number of hydrogen-bond donors (Lipinski definition) is 0. The van der Waals surface area contributed by atoms with Gasteiger partial charge >= 0.3 is 0 Å². The molecular weight excluding hydrogens is 238 g/mol. The lowest BCUT2D eigenvalue weighted by atomic mass is 10.1. The summed E-state index contributed by atoms with van der Waals surface area (Å²) in [5.74, 6) is 0.843. The average molecular weight is 262 g/mol. The summed E-state index contributed by atoms with van der Waals surface area (Å²) < 4.78 is 0. The first-order valence-corrected chi connectivity index (χ1v) is 7.23. The Bertz CT molecular complexity index is 139. The van der Waals surface area contributed by atoms with Crippen molar-refractivity contribution in [2.24, 2.45) is 5.92 Å². The molecular formula is C12H24BrN. The van der Waals surface area contributed by atoms with Gasteiger partial charge in [-0.1, -0.05) is 49.0 Å². The van der Waals surface area contributed by atoms with Crippen molar-refractivity contribution in [2.45, 2.75) is 52.0 Å². The van der Waals surface area contributed by atoms with Crippen LogP contribution in [0.3, 0.4) is 0 Å². The predicted molar refractivity (Wildman–Crippen MR) is 67.1 cm³/mol. The van der Waals surface area contributed by atoms with E-state index in [2.05, 4.69) is 34.7 Å². The molecule has 1 unspecified atom stereocenters. The van der Waals surface area contributed by atoms with E-state index in [1.807, 2.05) is 0 Å². The molecule has 1 aliphatic rings. The molecule has 0 aromatic carbocycles. The van der Waals surface area contributed by atoms with Gasteiger partial charge in [0.1, 0.15) is 0 Å². The molecule has 1 rings (SSSR count). The molecule has 1 nitrogen and oxygen atoms in total. The fourth-order valence-electron chi connectivity index (χ4n) is 2.42. The quantitative estimate of drug-likeness (QED) is 0.660. The van der Waals surface area contributed by atoms with Gasteiger partial charge in [-0.2, -0.15) is 0 Å². The summed E-state index contributed by atoms with van der Waals surface area (Å²) in [5.41, 5.74) is 0. The van der Waals surface area contributed by atoms with Gasteiger partial charge in [-0.15, -0.1) is 0 Å². The number of rotatable bonds is 6. The minimum Gasteiger partial charge on any atom is -0.300 e. The van der Waals surface area contributed by atoms with E-state index < -0.39 is 0 Å². The maximum absolute atomic E-state index is 3.62. The van der Waals surface area contributed by atoms with E-state index >= 15 is 0 Å². The van der Waals surface area contributed by atoms with Crippen LogP contribution in [0.4, 0.5) is 0 Å². The van der Waals surface area contributed by atoms with Crippen molar-refractivity contribution in [3.63, 3.8) is 0 Å². The van der Waals surface area contributed by atoms with E-state index in [0.717, 1.165) is 17.3 Å². The zero-order valence-electron chi connectivity index (χ0n) is 9.64. The van der Waals surface area contributed by atoms with Crippen molar-refractivity contribution >= 4 is 15.9 Å². The Labute approximate surface area is 97.4 Å². The Kier molecular flexibility index (Phi) is 6.11. The third-order valence-corrected chi connectivity index (χ3v) is 4.45. The predicted octanol–water partition coefficient (Wildman–Crippen LogP) is 3.67. The molecule has 0 heterocycles. The monoisotopic (exact) mass is 261 g/mol. The second-order valence-electron chi connectivity index (χ2n) is 4.45. The highest BCUT2D eigenvalue weighted by atomic mass is 79.9. The highest BCUT2D eigenvalue weighted by Gasteiger charge is 2.22. The van der Waals surface area contributed by atoms with Crippen LogP contribution in [0.15, 0.2) is 0 Å². The molecule has 0 spiro atoms. The Hall–Kier alpha value is 0.440. The van der Waals surface area contributed by atoms with Gasteiger partial charge < -0.3 is 4.90 Å². The fraction of sp³-hybridized carbons (Fsp3) is 1.00. The molecule has 0 amide bonds. The Morgan fingerprint density at radius 2 is 1.93 bits per heavy atom. The maximum Gasteiger partial charge on any atom is 0.00952 e. The first-order valence-electron chi connectivity index (χ1n) is 6.11. The topological polar surface area (TPSA) is 3.24 Å². The highest BCUT2D eigenvalue weighted by Crippen LogP contribution is 2.24. The molecule has 0 aromatic rings. The van der Waals surface area contributed by atoms with Crippen LogP contribution >= 0.6 is 15.9 Å². The van der Waals surface area contributed by atoms with E-state index in [1.165, 1.54) is 45.2 Å². The van der Waals surface area contributed by atoms with Gasteiger partial charge in [0, 0.05) is 17.9 Å². The van der Waals surface area contributed by atoms with Crippen molar-refractivity contribution in [3.8, 4) is 0 Å². The third-order valence-electron chi connectivity index (χ3n) is 3.54. The molecule has 1 saturated carbocycles. The standard InChI is InChI=1S/C12H24BrN/c1-3-11(9-13)10-14(4-2)12-7-5-6-8-12/h11-12H,3-10H2,1-2H3. The van der Waals surface area contributed by atoms with Crippen LogP contribution in [0.5, 0.6) is 0 Å². The molecule has 0 bridgehead atoms. The molecule has 14 heavy (non-hydrogen) atoms. The molecule has 0 saturated heterocycles. The largest absolute Gasteiger partial charge is 0.300 e. The maximum atomic E-state index is 3.62. The van der Waals surface area contributed by atoms with Gasteiger partial charge in [0.05, 0.1) is 0 Å². The summed E-state index contributed by atoms with van der Waals surface area (Å²) in [7, 11) is 0. The summed E-state index contributed by atoms with van der Waals surface area (Å²) in [6.07, 6.45) is 7.08. The number of alkyl halides is 1. The zero-order valence-corrected chi connectivity index (χ0v) is 11.2. The lowest BCUT2D eigenvalue weighted by molar-refractivity contribution is 0.181. The molecule has 0 aliphatic heterocycles. The zero-order chi connectivity index (χ0) is 10.4. The minimum absolute atomic E-state index is 0.843. The van der Waals surface area contributed by atoms with Crippen LogP contribution in [-0.2, 0) is 0 Å². The van der Waals surface area contributed by atoms with E-state index in [0.29, 0.717) is 0 Å². The highest BCUT2D eigenvalue weighted by molar-refractivity contribution is 9.09. The number of nitrogens with zero attached hydrogens (tertiary/aromatic N) is 1. The van der Waals surface area contributed by atoms with Crippen molar-refractivity contribution < 1.29 is 0 Å². The lowest BCUT2D eigenvalue weighted by Gasteiger charge is -2.30. The molecule has 0 N–H and O–H groups in total. The van der Waals surface area contributed by atoms with Crippen LogP contribution in [-0.4, -0.2) is 29.4 Å². The fourth-order valence-corrected chi connectivity index (χ4v) is 3.09. The molecule has 84 valence electrons. The van der Waals surface area contributed by atoms with Crippen LogP contribution in [0, 0.1) is 5.92 Å². The molecule has 1 aliphatic carbocycles. The van der Waals surface area contributed by atoms with Gasteiger partial charge in [-0.25, -0.2) is 0 Å². The molecule has 1 fully saturated rings. The third kappa shape index (κ3) is 3.54. The van der Waals surface area contributed by atoms with Gasteiger partial charge in [-0.3, -0.25) is 0 Å². The van der Waals surface area contributed by atoms with Crippen LogP contribution < -0.4 is 0 Å². The summed E-state index contributed by atoms with van der Waals surface area (Å²) >= 11 is 3.62.